The molecular weight excluding hydrogens is 638 g/mol. The number of carbonyl (C=O) groups is 4. The molecule has 2 N–H and O–H groups in total. The maximum Gasteiger partial charge on any atom is 0.313 e. The van der Waals surface area contributed by atoms with Crippen LogP contribution in [-0.4, -0.2) is 95.3 Å². The van der Waals surface area contributed by atoms with Gasteiger partial charge in [-0.2, -0.15) is 0 Å². The number of benzene rings is 2. The molecular formula is C39H47N3O8. The van der Waals surface area contributed by atoms with Crippen LogP contribution in [-0.2, 0) is 33.4 Å². The van der Waals surface area contributed by atoms with Crippen LogP contribution in [0.15, 0.2) is 85.0 Å². The van der Waals surface area contributed by atoms with Crippen molar-refractivity contribution in [3.8, 4) is 0 Å². The molecule has 2 saturated heterocycles. The van der Waals surface area contributed by atoms with Crippen LogP contribution in [0.2, 0.25) is 0 Å². The summed E-state index contributed by atoms with van der Waals surface area (Å²) in [6.45, 7) is 3.90. The fraction of sp³-hybridized carbons (Fsp3) is 0.487. The van der Waals surface area contributed by atoms with Gasteiger partial charge in [0.2, 0.25) is 17.7 Å². The van der Waals surface area contributed by atoms with Gasteiger partial charge >= 0.3 is 5.97 Å². The number of hydrogen-bond donors (Lipinski definition) is 2. The Labute approximate surface area is 293 Å². The van der Waals surface area contributed by atoms with Gasteiger partial charge in [-0.15, -0.1) is 0 Å². The Balaban J connectivity index is 1.48. The van der Waals surface area contributed by atoms with Gasteiger partial charge in [-0.05, 0) is 30.9 Å². The van der Waals surface area contributed by atoms with Crippen LogP contribution < -0.4 is 5.32 Å². The van der Waals surface area contributed by atoms with E-state index in [4.69, 9.17) is 14.2 Å². The number of fused-ring (bicyclic) bond motifs is 2. The molecule has 0 aromatic heterocycles. The number of likely N-dealkylation sites (tertiary alicyclic amines) is 1. The SMILES string of the molecule is CCCC(C)N1C/C=C\CCC(=O)N[C@@H](COC)[C@H](c2ccccc2)OC(=O)[C@@H]2[C@H]3C(=O)N([C@H](CO)c4ccccc4)[C@H](C1=O)[C@]31C=C[C@H]2O1. The van der Waals surface area contributed by atoms with Crippen LogP contribution in [0.3, 0.4) is 0 Å². The van der Waals surface area contributed by atoms with E-state index in [9.17, 15) is 19.5 Å². The molecule has 4 aliphatic rings. The van der Waals surface area contributed by atoms with Crippen molar-refractivity contribution in [2.45, 2.75) is 81.5 Å². The minimum absolute atomic E-state index is 0.0646. The first-order chi connectivity index (χ1) is 24.2. The summed E-state index contributed by atoms with van der Waals surface area (Å²) < 4.78 is 18.4. The Bertz CT molecular complexity index is 1600. The number of carbonyl (C=O) groups excluding carboxylic acids is 4. The molecule has 9 atom stereocenters. The molecule has 11 nitrogen and oxygen atoms in total. The topological polar surface area (TPSA) is 135 Å². The lowest BCUT2D eigenvalue weighted by atomic mass is 9.74. The molecule has 1 unspecified atom stereocenters. The van der Waals surface area contributed by atoms with E-state index >= 15 is 4.79 Å². The molecule has 5 bridgehead atoms. The van der Waals surface area contributed by atoms with E-state index in [-0.39, 0.29) is 37.4 Å². The highest BCUT2D eigenvalue weighted by Crippen LogP contribution is 2.57. The van der Waals surface area contributed by atoms with Gasteiger partial charge in [0.1, 0.15) is 23.7 Å². The first-order valence-corrected chi connectivity index (χ1v) is 17.6. The van der Waals surface area contributed by atoms with Crippen molar-refractivity contribution in [1.82, 2.24) is 15.1 Å². The second-order valence-electron chi connectivity index (χ2n) is 13.6. The van der Waals surface area contributed by atoms with Crippen LogP contribution in [0.4, 0.5) is 0 Å². The Morgan fingerprint density at radius 3 is 2.42 bits per heavy atom. The first kappa shape index (κ1) is 35.5. The van der Waals surface area contributed by atoms with Crippen LogP contribution in [0.1, 0.15) is 62.8 Å². The van der Waals surface area contributed by atoms with Gasteiger partial charge in [-0.25, -0.2) is 0 Å². The lowest BCUT2D eigenvalue weighted by Gasteiger charge is -2.40. The standard InChI is InChI=1S/C39H47N3O8/c1-4-14-25(2)41-22-13-7-12-19-31(44)40-28(24-48-3)34(27-17-10-6-11-18-27)49-38(47)32-30-20-21-39(50-30)33(32)36(45)42(35(39)37(41)46)29(23-43)26-15-8-5-9-16-26/h5-11,13,15-18,20-21,25,28-30,32-35,43H,4,12,14,19,22-24H2,1-3H3,(H,40,44)/b13-7-/t25?,28-,29+,30+,32-,33-,34-,35+,39-/m0/s1. The fourth-order valence-corrected chi connectivity index (χ4v) is 8.15. The van der Waals surface area contributed by atoms with Gasteiger partial charge in [0.15, 0.2) is 0 Å². The molecule has 2 aromatic carbocycles. The quantitative estimate of drug-likeness (QED) is 0.302. The Morgan fingerprint density at radius 1 is 1.02 bits per heavy atom. The maximum absolute atomic E-state index is 15.0. The monoisotopic (exact) mass is 685 g/mol. The van der Waals surface area contributed by atoms with Gasteiger partial charge in [0.05, 0.1) is 37.3 Å². The zero-order valence-electron chi connectivity index (χ0n) is 28.9. The second-order valence-corrected chi connectivity index (χ2v) is 13.6. The molecule has 1 spiro atoms. The molecule has 50 heavy (non-hydrogen) atoms. The summed E-state index contributed by atoms with van der Waals surface area (Å²) in [6, 6.07) is 15.3. The largest absolute Gasteiger partial charge is 0.455 e. The number of ether oxygens (including phenoxy) is 3. The van der Waals surface area contributed by atoms with Crippen LogP contribution in [0.5, 0.6) is 0 Å². The van der Waals surface area contributed by atoms with Crippen molar-refractivity contribution in [2.75, 3.05) is 26.9 Å². The van der Waals surface area contributed by atoms with Crippen molar-refractivity contribution in [2.24, 2.45) is 11.8 Å². The summed E-state index contributed by atoms with van der Waals surface area (Å²) in [5, 5.41) is 13.9. The van der Waals surface area contributed by atoms with Crippen LogP contribution in [0, 0.1) is 11.8 Å². The summed E-state index contributed by atoms with van der Waals surface area (Å²) in [7, 11) is 1.51. The van der Waals surface area contributed by atoms with E-state index in [1.54, 1.807) is 17.1 Å². The molecule has 2 fully saturated rings. The zero-order chi connectivity index (χ0) is 35.4. The molecule has 4 aliphatic heterocycles. The third-order valence-electron chi connectivity index (χ3n) is 10.5. The molecule has 6 rings (SSSR count). The number of esters is 1. The second kappa shape index (κ2) is 15.3. The van der Waals surface area contributed by atoms with Crippen molar-refractivity contribution in [3.05, 3.63) is 96.1 Å². The average Bonchev–Trinajstić information content (AvgIpc) is 3.77. The lowest BCUT2D eigenvalue weighted by Crippen LogP contribution is -2.58. The molecule has 2 aromatic rings. The van der Waals surface area contributed by atoms with Gasteiger partial charge < -0.3 is 34.4 Å². The summed E-state index contributed by atoms with van der Waals surface area (Å²) in [5.74, 6) is -3.87. The Kier molecular flexibility index (Phi) is 10.9. The number of rotatable bonds is 9. The number of hydrogen-bond acceptors (Lipinski definition) is 8. The normalized spacial score (nSPS) is 31.7. The first-order valence-electron chi connectivity index (χ1n) is 17.6. The zero-order valence-corrected chi connectivity index (χ0v) is 28.9. The number of nitrogens with zero attached hydrogens (tertiary/aromatic N) is 2. The molecule has 0 saturated carbocycles. The highest BCUT2D eigenvalue weighted by molar-refractivity contribution is 5.99. The Morgan fingerprint density at radius 2 is 1.74 bits per heavy atom. The number of amides is 3. The summed E-state index contributed by atoms with van der Waals surface area (Å²) in [6.07, 6.45) is 7.66. The molecule has 0 aliphatic carbocycles. The highest BCUT2D eigenvalue weighted by atomic mass is 16.6. The number of nitrogens with one attached hydrogen (secondary N) is 1. The smallest absolute Gasteiger partial charge is 0.313 e. The summed E-state index contributed by atoms with van der Waals surface area (Å²) in [5.41, 5.74) is -0.157. The molecule has 4 heterocycles. The van der Waals surface area contributed by atoms with E-state index in [1.165, 1.54) is 12.0 Å². The summed E-state index contributed by atoms with van der Waals surface area (Å²) in [4.78, 5) is 60.8. The lowest BCUT2D eigenvalue weighted by molar-refractivity contribution is -0.163. The van der Waals surface area contributed by atoms with E-state index in [1.807, 2.05) is 86.7 Å². The van der Waals surface area contributed by atoms with Gasteiger partial charge in [-0.1, -0.05) is 98.3 Å². The van der Waals surface area contributed by atoms with Crippen molar-refractivity contribution >= 4 is 23.7 Å². The van der Waals surface area contributed by atoms with E-state index in [2.05, 4.69) is 5.32 Å². The van der Waals surface area contributed by atoms with Crippen molar-refractivity contribution in [1.29, 1.82) is 0 Å². The van der Waals surface area contributed by atoms with Gasteiger partial charge in [-0.3, -0.25) is 19.2 Å². The number of allylic oxidation sites excluding steroid dienone is 1. The maximum atomic E-state index is 15.0. The number of methoxy groups -OCH3 is 1. The third kappa shape index (κ3) is 6.50. The van der Waals surface area contributed by atoms with E-state index in [0.717, 1.165) is 12.8 Å². The Hall–Kier alpha value is -4.32. The molecule has 3 amide bonds. The number of aliphatic hydroxyl groups is 1. The van der Waals surface area contributed by atoms with Gasteiger partial charge in [0, 0.05) is 26.1 Å². The predicted molar refractivity (Wildman–Crippen MR) is 184 cm³/mol. The summed E-state index contributed by atoms with van der Waals surface area (Å²) >= 11 is 0. The van der Waals surface area contributed by atoms with Crippen LogP contribution in [0.25, 0.3) is 0 Å². The van der Waals surface area contributed by atoms with Crippen molar-refractivity contribution < 1.29 is 38.5 Å². The van der Waals surface area contributed by atoms with Crippen molar-refractivity contribution in [3.63, 3.8) is 0 Å². The van der Waals surface area contributed by atoms with E-state index < -0.39 is 66.3 Å². The average molecular weight is 686 g/mol. The molecule has 0 radical (unpaired) electrons. The number of aliphatic hydroxyl groups excluding tert-OH is 1. The van der Waals surface area contributed by atoms with Crippen LogP contribution >= 0.6 is 0 Å². The predicted octanol–water partition coefficient (Wildman–Crippen LogP) is 3.65. The third-order valence-corrected chi connectivity index (χ3v) is 10.5. The highest BCUT2D eigenvalue weighted by Gasteiger charge is 2.74. The molecule has 11 heteroatoms. The minimum Gasteiger partial charge on any atom is -0.455 e. The minimum atomic E-state index is -1.46. The fourth-order valence-electron chi connectivity index (χ4n) is 8.15. The van der Waals surface area contributed by atoms with Gasteiger partial charge in [0.25, 0.3) is 0 Å². The number of cyclic esters (lactones) is 1. The molecule has 266 valence electrons. The van der Waals surface area contributed by atoms with E-state index in [0.29, 0.717) is 17.5 Å².